The Kier molecular flexibility index (Phi) is 1.92. The molecule has 1 saturated heterocycles. The second kappa shape index (κ2) is 2.71. The summed E-state index contributed by atoms with van der Waals surface area (Å²) < 4.78 is 0. The van der Waals surface area contributed by atoms with Crippen LogP contribution >= 0.6 is 0 Å². The maximum atomic E-state index is 2.50. The number of likely N-dealkylation sites (N-methyl/N-ethyl adjacent to an activating group) is 2. The molecule has 2 nitrogen and oxygen atoms in total. The highest BCUT2D eigenvalue weighted by Gasteiger charge is 2.47. The number of nitrogens with zero attached hydrogens (tertiary/aromatic N) is 2. The van der Waals surface area contributed by atoms with Crippen LogP contribution in [0.5, 0.6) is 0 Å². The highest BCUT2D eigenvalue weighted by molar-refractivity contribution is 5.01. The molecule has 2 rings (SSSR count). The van der Waals surface area contributed by atoms with Crippen molar-refractivity contribution in [2.24, 2.45) is 5.41 Å². The lowest BCUT2D eigenvalue weighted by atomic mass is 9.91. The molecule has 1 heterocycles. The lowest BCUT2D eigenvalue weighted by Gasteiger charge is -2.39. The van der Waals surface area contributed by atoms with Gasteiger partial charge >= 0.3 is 0 Å². The first kappa shape index (κ1) is 8.52. The van der Waals surface area contributed by atoms with Crippen molar-refractivity contribution in [2.75, 3.05) is 34.2 Å². The fraction of sp³-hybridized carbons (Fsp3) is 1.00. The molecule has 0 aromatic carbocycles. The Morgan fingerprint density at radius 3 is 2.50 bits per heavy atom. The molecule has 0 aromatic rings. The van der Waals surface area contributed by atoms with Crippen LogP contribution in [-0.2, 0) is 0 Å². The molecular weight excluding hydrogens is 148 g/mol. The minimum Gasteiger partial charge on any atom is -0.305 e. The van der Waals surface area contributed by atoms with Crippen molar-refractivity contribution in [3.05, 3.63) is 0 Å². The van der Waals surface area contributed by atoms with Crippen molar-refractivity contribution >= 4 is 0 Å². The van der Waals surface area contributed by atoms with E-state index in [4.69, 9.17) is 0 Å². The van der Waals surface area contributed by atoms with Crippen molar-refractivity contribution in [3.63, 3.8) is 0 Å². The second-order valence-electron chi connectivity index (χ2n) is 5.02. The van der Waals surface area contributed by atoms with Gasteiger partial charge in [-0.25, -0.2) is 0 Å². The van der Waals surface area contributed by atoms with Crippen LogP contribution in [0, 0.1) is 5.41 Å². The first-order valence-corrected chi connectivity index (χ1v) is 4.96. The molecule has 1 atom stereocenters. The standard InChI is InChI=1S/C10H20N2/c1-11(2)9-6-10(4-5-10)8-12(3)7-9/h9H,4-8H2,1-3H3. The predicted molar refractivity (Wildman–Crippen MR) is 51.3 cm³/mol. The molecule has 1 saturated carbocycles. The summed E-state index contributed by atoms with van der Waals surface area (Å²) in [5.41, 5.74) is 0.738. The number of likely N-dealkylation sites (tertiary alicyclic amines) is 1. The van der Waals surface area contributed by atoms with Crippen LogP contribution in [0.4, 0.5) is 0 Å². The first-order valence-electron chi connectivity index (χ1n) is 4.96. The van der Waals surface area contributed by atoms with Gasteiger partial charge in [0, 0.05) is 19.1 Å². The summed E-state index contributed by atoms with van der Waals surface area (Å²) in [6.45, 7) is 2.60. The molecule has 12 heavy (non-hydrogen) atoms. The lowest BCUT2D eigenvalue weighted by Crippen LogP contribution is -2.47. The zero-order valence-electron chi connectivity index (χ0n) is 8.51. The van der Waals surface area contributed by atoms with Crippen LogP contribution in [0.15, 0.2) is 0 Å². The van der Waals surface area contributed by atoms with Crippen LogP contribution in [0.25, 0.3) is 0 Å². The summed E-state index contributed by atoms with van der Waals surface area (Å²) in [7, 11) is 6.68. The molecule has 0 amide bonds. The SMILES string of the molecule is CN1CC(N(C)C)CC2(CC2)C1. The average Bonchev–Trinajstić information content (AvgIpc) is 2.67. The van der Waals surface area contributed by atoms with E-state index in [1.807, 2.05) is 0 Å². The topological polar surface area (TPSA) is 6.48 Å². The molecule has 0 N–H and O–H groups in total. The van der Waals surface area contributed by atoms with Crippen molar-refractivity contribution in [2.45, 2.75) is 25.3 Å². The fourth-order valence-corrected chi connectivity index (χ4v) is 2.51. The van der Waals surface area contributed by atoms with Crippen molar-refractivity contribution < 1.29 is 0 Å². The third-order valence-electron chi connectivity index (χ3n) is 3.48. The Morgan fingerprint density at radius 1 is 1.33 bits per heavy atom. The summed E-state index contributed by atoms with van der Waals surface area (Å²) in [6.07, 6.45) is 4.38. The molecule has 0 aromatic heterocycles. The summed E-state index contributed by atoms with van der Waals surface area (Å²) >= 11 is 0. The van der Waals surface area contributed by atoms with E-state index in [2.05, 4.69) is 30.9 Å². The molecule has 70 valence electrons. The van der Waals surface area contributed by atoms with Crippen LogP contribution < -0.4 is 0 Å². The monoisotopic (exact) mass is 168 g/mol. The number of piperidine rings is 1. The summed E-state index contributed by atoms with van der Waals surface area (Å²) in [4.78, 5) is 4.89. The molecule has 1 aliphatic carbocycles. The van der Waals surface area contributed by atoms with E-state index in [9.17, 15) is 0 Å². The average molecular weight is 168 g/mol. The summed E-state index contributed by atoms with van der Waals surface area (Å²) in [5.74, 6) is 0. The number of rotatable bonds is 1. The van der Waals surface area contributed by atoms with Crippen LogP contribution in [-0.4, -0.2) is 50.1 Å². The minimum atomic E-state index is 0.738. The van der Waals surface area contributed by atoms with E-state index in [-0.39, 0.29) is 0 Å². The zero-order chi connectivity index (χ0) is 8.77. The quantitative estimate of drug-likeness (QED) is 0.577. The van der Waals surface area contributed by atoms with Gasteiger partial charge in [0.25, 0.3) is 0 Å². The highest BCUT2D eigenvalue weighted by Crippen LogP contribution is 2.52. The number of hydrogen-bond donors (Lipinski definition) is 0. The van der Waals surface area contributed by atoms with Crippen molar-refractivity contribution in [1.82, 2.24) is 9.80 Å². The van der Waals surface area contributed by atoms with Gasteiger partial charge < -0.3 is 9.80 Å². The highest BCUT2D eigenvalue weighted by atomic mass is 15.2. The Morgan fingerprint density at radius 2 is 2.00 bits per heavy atom. The van der Waals surface area contributed by atoms with E-state index in [1.165, 1.54) is 32.4 Å². The van der Waals surface area contributed by atoms with Crippen molar-refractivity contribution in [3.8, 4) is 0 Å². The molecular formula is C10H20N2. The van der Waals surface area contributed by atoms with Gasteiger partial charge in [0.15, 0.2) is 0 Å². The van der Waals surface area contributed by atoms with Gasteiger partial charge in [-0.3, -0.25) is 0 Å². The van der Waals surface area contributed by atoms with Crippen molar-refractivity contribution in [1.29, 1.82) is 0 Å². The van der Waals surface area contributed by atoms with Gasteiger partial charge in [-0.15, -0.1) is 0 Å². The molecule has 1 aliphatic heterocycles. The molecule has 2 fully saturated rings. The molecule has 1 spiro atoms. The van der Waals surface area contributed by atoms with Gasteiger partial charge in [0.2, 0.25) is 0 Å². The summed E-state index contributed by atoms with van der Waals surface area (Å²) in [6, 6.07) is 0.797. The predicted octanol–water partition coefficient (Wildman–Crippen LogP) is 1.03. The Labute approximate surface area is 75.5 Å². The van der Waals surface area contributed by atoms with E-state index in [0.29, 0.717) is 0 Å². The van der Waals surface area contributed by atoms with E-state index < -0.39 is 0 Å². The maximum absolute atomic E-state index is 2.50. The van der Waals surface area contributed by atoms with Gasteiger partial charge in [0.05, 0.1) is 0 Å². The van der Waals surface area contributed by atoms with Crippen LogP contribution in [0.2, 0.25) is 0 Å². The normalized spacial score (nSPS) is 34.5. The molecule has 2 aliphatic rings. The van der Waals surface area contributed by atoms with Gasteiger partial charge in [-0.1, -0.05) is 0 Å². The third-order valence-corrected chi connectivity index (χ3v) is 3.48. The number of hydrogen-bond acceptors (Lipinski definition) is 2. The van der Waals surface area contributed by atoms with E-state index >= 15 is 0 Å². The van der Waals surface area contributed by atoms with Gasteiger partial charge in [-0.2, -0.15) is 0 Å². The minimum absolute atomic E-state index is 0.738. The van der Waals surface area contributed by atoms with Crippen LogP contribution in [0.1, 0.15) is 19.3 Å². The third kappa shape index (κ3) is 1.50. The lowest BCUT2D eigenvalue weighted by molar-refractivity contribution is 0.102. The smallest absolute Gasteiger partial charge is 0.0222 e. The van der Waals surface area contributed by atoms with E-state index in [0.717, 1.165) is 11.5 Å². The van der Waals surface area contributed by atoms with Gasteiger partial charge in [-0.05, 0) is 45.8 Å². The Balaban J connectivity index is 1.99. The molecule has 0 radical (unpaired) electrons. The van der Waals surface area contributed by atoms with Crippen LogP contribution in [0.3, 0.4) is 0 Å². The molecule has 2 heteroatoms. The zero-order valence-corrected chi connectivity index (χ0v) is 8.51. The fourth-order valence-electron chi connectivity index (χ4n) is 2.51. The van der Waals surface area contributed by atoms with E-state index in [1.54, 1.807) is 0 Å². The molecule has 0 bridgehead atoms. The second-order valence-corrected chi connectivity index (χ2v) is 5.02. The summed E-state index contributed by atoms with van der Waals surface area (Å²) in [5, 5.41) is 0. The maximum Gasteiger partial charge on any atom is 0.0222 e. The Hall–Kier alpha value is -0.0800. The van der Waals surface area contributed by atoms with Gasteiger partial charge in [0.1, 0.15) is 0 Å². The molecule has 1 unspecified atom stereocenters. The first-order chi connectivity index (χ1) is 5.61. The largest absolute Gasteiger partial charge is 0.305 e. The Bertz CT molecular complexity index is 173.